The van der Waals surface area contributed by atoms with Crippen molar-refractivity contribution in [3.63, 3.8) is 0 Å². The summed E-state index contributed by atoms with van der Waals surface area (Å²) in [5.41, 5.74) is 1.32. The van der Waals surface area contributed by atoms with Gasteiger partial charge in [0.05, 0.1) is 37.2 Å². The number of halogens is 1. The van der Waals surface area contributed by atoms with Crippen molar-refractivity contribution in [1.29, 1.82) is 0 Å². The third-order valence-corrected chi connectivity index (χ3v) is 7.85. The van der Waals surface area contributed by atoms with Crippen LogP contribution in [-0.2, 0) is 23.9 Å². The maximum Gasteiger partial charge on any atom is 0.312 e. The molecule has 0 aliphatic carbocycles. The molecule has 0 radical (unpaired) electrons. The van der Waals surface area contributed by atoms with Gasteiger partial charge in [0.25, 0.3) is 0 Å². The number of fused-ring (bicyclic) bond motifs is 1. The molecule has 2 bridgehead atoms. The summed E-state index contributed by atoms with van der Waals surface area (Å²) in [4.78, 5) is 41.4. The molecule has 174 valence electrons. The molecule has 8 nitrogen and oxygen atoms in total. The highest BCUT2D eigenvalue weighted by Gasteiger charge is 2.77. The lowest BCUT2D eigenvalue weighted by Crippen LogP contribution is -2.56. The minimum atomic E-state index is -1.17. The van der Waals surface area contributed by atoms with Gasteiger partial charge in [-0.2, -0.15) is 0 Å². The Morgan fingerprint density at radius 2 is 2.03 bits per heavy atom. The number of rotatable bonds is 6. The van der Waals surface area contributed by atoms with E-state index < -0.39 is 41.6 Å². The molecule has 3 aliphatic heterocycles. The molecule has 0 saturated carbocycles. The average Bonchev–Trinajstić information content (AvgIpc) is 3.33. The van der Waals surface area contributed by atoms with Gasteiger partial charge < -0.3 is 24.8 Å². The largest absolute Gasteiger partial charge is 0.466 e. The van der Waals surface area contributed by atoms with Crippen molar-refractivity contribution in [2.75, 3.05) is 18.5 Å². The third-order valence-electron chi connectivity index (χ3n) is 7.00. The maximum atomic E-state index is 13.7. The van der Waals surface area contributed by atoms with Crippen molar-refractivity contribution in [1.82, 2.24) is 4.90 Å². The standard InChI is InChI=1S/C23H29BrN2O6/c1-5-31-22(30)15-16-21(29)26(13(4)10-27)19(23(16)9-14(24)18(15)32-23)20(28)25-17-11(2)7-6-8-12(17)3/h6-8,13-16,18-19,27H,5,9-10H2,1-4H3,(H,25,28)/t13-,14?,15-,16+,18-,19-,23+/m1/s1. The smallest absolute Gasteiger partial charge is 0.312 e. The number of alkyl halides is 1. The number of benzene rings is 1. The normalized spacial score (nSPS) is 33.9. The number of esters is 1. The Hall–Kier alpha value is -1.97. The second kappa shape index (κ2) is 8.43. The van der Waals surface area contributed by atoms with Gasteiger partial charge in [0, 0.05) is 10.5 Å². The number of para-hydroxylation sites is 1. The molecule has 1 unspecified atom stereocenters. The van der Waals surface area contributed by atoms with Crippen LogP contribution >= 0.6 is 15.9 Å². The van der Waals surface area contributed by atoms with E-state index in [1.807, 2.05) is 32.0 Å². The van der Waals surface area contributed by atoms with Crippen molar-refractivity contribution in [2.45, 2.75) is 62.7 Å². The summed E-state index contributed by atoms with van der Waals surface area (Å²) >= 11 is 3.60. The van der Waals surface area contributed by atoms with E-state index >= 15 is 0 Å². The van der Waals surface area contributed by atoms with Gasteiger partial charge in [-0.1, -0.05) is 34.1 Å². The first-order valence-corrected chi connectivity index (χ1v) is 11.9. The molecule has 4 rings (SSSR count). The average molecular weight is 509 g/mol. The summed E-state index contributed by atoms with van der Waals surface area (Å²) in [5.74, 6) is -2.86. The summed E-state index contributed by atoms with van der Waals surface area (Å²) in [6.07, 6.45) is -0.145. The molecule has 3 aliphatic rings. The second-order valence-corrected chi connectivity index (χ2v) is 10.1. The van der Waals surface area contributed by atoms with Crippen LogP contribution in [0.25, 0.3) is 0 Å². The Labute approximate surface area is 195 Å². The third kappa shape index (κ3) is 3.28. The van der Waals surface area contributed by atoms with Crippen molar-refractivity contribution in [2.24, 2.45) is 11.8 Å². The summed E-state index contributed by atoms with van der Waals surface area (Å²) in [6, 6.07) is 4.12. The zero-order valence-electron chi connectivity index (χ0n) is 18.6. The molecule has 7 atom stereocenters. The van der Waals surface area contributed by atoms with E-state index in [1.54, 1.807) is 13.8 Å². The highest BCUT2D eigenvalue weighted by molar-refractivity contribution is 9.09. The van der Waals surface area contributed by atoms with Crippen molar-refractivity contribution in [3.05, 3.63) is 29.3 Å². The topological polar surface area (TPSA) is 105 Å². The number of hydrogen-bond donors (Lipinski definition) is 2. The van der Waals surface area contributed by atoms with E-state index in [-0.39, 0.29) is 29.9 Å². The fourth-order valence-electron chi connectivity index (χ4n) is 5.64. The van der Waals surface area contributed by atoms with Crippen LogP contribution in [0.15, 0.2) is 18.2 Å². The number of carbonyl (C=O) groups excluding carboxylic acids is 3. The van der Waals surface area contributed by atoms with Crippen molar-refractivity contribution < 1.29 is 29.0 Å². The number of nitrogens with zero attached hydrogens (tertiary/aromatic N) is 1. The van der Waals surface area contributed by atoms with Gasteiger partial charge >= 0.3 is 5.97 Å². The highest BCUT2D eigenvalue weighted by atomic mass is 79.9. The fraction of sp³-hybridized carbons (Fsp3) is 0.609. The van der Waals surface area contributed by atoms with E-state index in [1.165, 1.54) is 4.90 Å². The summed E-state index contributed by atoms with van der Waals surface area (Å²) < 4.78 is 11.6. The number of ether oxygens (including phenoxy) is 2. The number of hydrogen-bond acceptors (Lipinski definition) is 6. The summed E-state index contributed by atoms with van der Waals surface area (Å²) in [7, 11) is 0. The van der Waals surface area contributed by atoms with Gasteiger partial charge in [-0.25, -0.2) is 0 Å². The predicted octanol–water partition coefficient (Wildman–Crippen LogP) is 1.93. The molecule has 3 heterocycles. The fourth-order valence-corrected chi connectivity index (χ4v) is 6.58. The molecule has 1 spiro atoms. The molecule has 2 N–H and O–H groups in total. The predicted molar refractivity (Wildman–Crippen MR) is 120 cm³/mol. The zero-order valence-corrected chi connectivity index (χ0v) is 20.2. The summed E-state index contributed by atoms with van der Waals surface area (Å²) in [6.45, 7) is 7.08. The monoisotopic (exact) mass is 508 g/mol. The van der Waals surface area contributed by atoms with Crippen molar-refractivity contribution >= 4 is 39.4 Å². The van der Waals surface area contributed by atoms with Crippen LogP contribution < -0.4 is 5.32 Å². The van der Waals surface area contributed by atoms with Gasteiger partial charge in [0.2, 0.25) is 11.8 Å². The molecule has 3 fully saturated rings. The van der Waals surface area contributed by atoms with E-state index in [2.05, 4.69) is 21.2 Å². The number of carbonyl (C=O) groups is 3. The second-order valence-electron chi connectivity index (χ2n) is 8.95. The van der Waals surface area contributed by atoms with Crippen LogP contribution in [0.3, 0.4) is 0 Å². The molecule has 2 amide bonds. The van der Waals surface area contributed by atoms with Crippen LogP contribution in [0.5, 0.6) is 0 Å². The first kappa shape index (κ1) is 23.2. The van der Waals surface area contributed by atoms with Crippen LogP contribution in [0.1, 0.15) is 31.4 Å². The van der Waals surface area contributed by atoms with Crippen LogP contribution in [0, 0.1) is 25.7 Å². The number of aliphatic hydroxyl groups is 1. The van der Waals surface area contributed by atoms with E-state index in [4.69, 9.17) is 9.47 Å². The number of aliphatic hydroxyl groups excluding tert-OH is 1. The maximum absolute atomic E-state index is 13.7. The molecule has 1 aromatic carbocycles. The molecule has 0 aromatic heterocycles. The molecule has 9 heteroatoms. The van der Waals surface area contributed by atoms with E-state index in [0.717, 1.165) is 11.1 Å². The lowest BCUT2D eigenvalue weighted by molar-refractivity contribution is -0.155. The minimum absolute atomic E-state index is 0.191. The quantitative estimate of drug-likeness (QED) is 0.449. The Balaban J connectivity index is 1.77. The van der Waals surface area contributed by atoms with Gasteiger partial charge in [-0.15, -0.1) is 0 Å². The number of likely N-dealkylation sites (tertiary alicyclic amines) is 1. The number of amides is 2. The first-order chi connectivity index (χ1) is 15.2. The van der Waals surface area contributed by atoms with Gasteiger partial charge in [-0.05, 0) is 45.2 Å². The SMILES string of the molecule is CCOC(=O)[C@H]1[C@@H]2O[C@@]3(CC2Br)[C@@H]1C(=O)N([C@H](C)CO)[C@@H]3C(=O)Nc1c(C)cccc1C. The number of nitrogens with one attached hydrogen (secondary N) is 1. The molecular formula is C23H29BrN2O6. The zero-order chi connectivity index (χ0) is 23.4. The van der Waals surface area contributed by atoms with Gasteiger partial charge in [0.15, 0.2) is 0 Å². The summed E-state index contributed by atoms with van der Waals surface area (Å²) in [5, 5.41) is 12.9. The lowest BCUT2D eigenvalue weighted by Gasteiger charge is -2.36. The Morgan fingerprint density at radius 1 is 1.38 bits per heavy atom. The Kier molecular flexibility index (Phi) is 6.11. The van der Waals surface area contributed by atoms with Gasteiger partial charge in [0.1, 0.15) is 11.6 Å². The van der Waals surface area contributed by atoms with E-state index in [9.17, 15) is 19.5 Å². The Morgan fingerprint density at radius 3 is 2.62 bits per heavy atom. The van der Waals surface area contributed by atoms with Crippen LogP contribution in [0.2, 0.25) is 0 Å². The molecule has 32 heavy (non-hydrogen) atoms. The first-order valence-electron chi connectivity index (χ1n) is 11.0. The molecular weight excluding hydrogens is 480 g/mol. The van der Waals surface area contributed by atoms with E-state index in [0.29, 0.717) is 12.1 Å². The highest BCUT2D eigenvalue weighted by Crippen LogP contribution is 2.60. The minimum Gasteiger partial charge on any atom is -0.466 e. The Bertz CT molecular complexity index is 934. The lowest BCUT2D eigenvalue weighted by atomic mass is 9.70. The number of aryl methyl sites for hydroxylation is 2. The molecule has 3 saturated heterocycles. The number of anilines is 1. The molecule has 1 aromatic rings. The van der Waals surface area contributed by atoms with Crippen LogP contribution in [-0.4, -0.2) is 69.6 Å². The van der Waals surface area contributed by atoms with Crippen molar-refractivity contribution in [3.8, 4) is 0 Å². The van der Waals surface area contributed by atoms with Gasteiger partial charge in [-0.3, -0.25) is 14.4 Å². The van der Waals surface area contributed by atoms with Crippen LogP contribution in [0.4, 0.5) is 5.69 Å².